The van der Waals surface area contributed by atoms with Crippen LogP contribution in [0.3, 0.4) is 0 Å². The topological polar surface area (TPSA) is 35.6 Å². The summed E-state index contributed by atoms with van der Waals surface area (Å²) in [6, 6.07) is 27.9. The van der Waals surface area contributed by atoms with Crippen LogP contribution in [0.25, 0.3) is 55.7 Å². The van der Waals surface area contributed by atoms with E-state index in [1.54, 1.807) is 97.2 Å². The van der Waals surface area contributed by atoms with Crippen molar-refractivity contribution < 1.29 is 17.6 Å². The van der Waals surface area contributed by atoms with Crippen molar-refractivity contribution in [2.45, 2.75) is 0 Å². The highest BCUT2D eigenvalue weighted by Crippen LogP contribution is 2.38. The summed E-state index contributed by atoms with van der Waals surface area (Å²) in [5.41, 5.74) is 0.771. The maximum atomic E-state index is 16.0. The average molecular weight is 535 g/mol. The fraction of sp³-hybridized carbons (Fsp3) is 0. The zero-order valence-electron chi connectivity index (χ0n) is 20.7. The highest BCUT2D eigenvalue weighted by molar-refractivity contribution is 6.08. The summed E-state index contributed by atoms with van der Waals surface area (Å²) in [7, 11) is 0. The van der Waals surface area contributed by atoms with Crippen LogP contribution in [0.5, 0.6) is 0 Å². The molecule has 7 aromatic rings. The van der Waals surface area contributed by atoms with Gasteiger partial charge in [-0.25, -0.2) is 22.2 Å². The van der Waals surface area contributed by atoms with E-state index in [1.807, 2.05) is 6.07 Å². The molecule has 0 saturated carbocycles. The van der Waals surface area contributed by atoms with E-state index in [0.29, 0.717) is 38.6 Å². The summed E-state index contributed by atoms with van der Waals surface area (Å²) in [5.74, 6) is -6.22. The van der Waals surface area contributed by atoms with Crippen LogP contribution in [0.2, 0.25) is 0 Å². The molecule has 0 unspecified atom stereocenters. The van der Waals surface area contributed by atoms with E-state index in [0.717, 1.165) is 9.25 Å². The normalized spacial score (nSPS) is 11.5. The molecule has 0 fully saturated rings. The molecular weight excluding hydrogens is 516 g/mol. The second-order valence-corrected chi connectivity index (χ2v) is 9.26. The molecule has 0 saturated heterocycles. The molecule has 0 N–H and O–H groups in total. The molecule has 3 heterocycles. The lowest BCUT2D eigenvalue weighted by atomic mass is 10.1. The third kappa shape index (κ3) is 3.53. The number of aromatic nitrogens is 4. The predicted molar refractivity (Wildman–Crippen MR) is 146 cm³/mol. The number of rotatable bonds is 4. The molecule has 7 rings (SSSR count). The van der Waals surface area contributed by atoms with Crippen molar-refractivity contribution in [1.82, 2.24) is 19.3 Å². The molecule has 0 aliphatic rings. The number of nitrogens with zero attached hydrogens (tertiary/aromatic N) is 4. The molecule has 0 spiro atoms. The van der Waals surface area contributed by atoms with Gasteiger partial charge < -0.3 is 4.57 Å². The largest absolute Gasteiger partial charge is 0.302 e. The van der Waals surface area contributed by atoms with E-state index in [9.17, 15) is 0 Å². The molecule has 0 atom stereocenters. The molecule has 0 amide bonds. The Morgan fingerprint density at radius 2 is 1.12 bits per heavy atom. The Kier molecular flexibility index (Phi) is 5.48. The van der Waals surface area contributed by atoms with E-state index in [1.165, 1.54) is 6.20 Å². The second-order valence-electron chi connectivity index (χ2n) is 9.26. The summed E-state index contributed by atoms with van der Waals surface area (Å²) in [6.45, 7) is 0. The number of fused-ring (bicyclic) bond motifs is 3. The molecule has 3 aromatic heterocycles. The Morgan fingerprint density at radius 1 is 0.550 bits per heavy atom. The van der Waals surface area contributed by atoms with Gasteiger partial charge in [0.1, 0.15) is 11.4 Å². The third-order valence-corrected chi connectivity index (χ3v) is 6.98. The van der Waals surface area contributed by atoms with Crippen molar-refractivity contribution in [3.63, 3.8) is 0 Å². The van der Waals surface area contributed by atoms with Crippen LogP contribution in [0, 0.1) is 23.3 Å². The number of hydrogen-bond acceptors (Lipinski definition) is 2. The Morgan fingerprint density at radius 3 is 1.82 bits per heavy atom. The summed E-state index contributed by atoms with van der Waals surface area (Å²) in [4.78, 5) is 4.07. The van der Waals surface area contributed by atoms with Crippen molar-refractivity contribution in [3.8, 4) is 33.9 Å². The molecule has 0 aliphatic heterocycles. The average Bonchev–Trinajstić information content (AvgIpc) is 3.58. The minimum atomic E-state index is -1.57. The van der Waals surface area contributed by atoms with Gasteiger partial charge in [-0.2, -0.15) is 5.10 Å². The van der Waals surface area contributed by atoms with Crippen LogP contribution in [-0.2, 0) is 0 Å². The summed E-state index contributed by atoms with van der Waals surface area (Å²) in [6.07, 6.45) is 2.95. The quantitative estimate of drug-likeness (QED) is 0.168. The van der Waals surface area contributed by atoms with Gasteiger partial charge in [-0.1, -0.05) is 78.9 Å². The van der Waals surface area contributed by atoms with Crippen LogP contribution in [0.1, 0.15) is 0 Å². The van der Waals surface area contributed by atoms with Gasteiger partial charge in [0.15, 0.2) is 23.3 Å². The van der Waals surface area contributed by atoms with Crippen molar-refractivity contribution in [3.05, 3.63) is 133 Å². The molecule has 194 valence electrons. The number of pyridine rings is 1. The Hall–Kier alpha value is -5.24. The molecule has 40 heavy (non-hydrogen) atoms. The van der Waals surface area contributed by atoms with Crippen LogP contribution in [0.15, 0.2) is 109 Å². The van der Waals surface area contributed by atoms with Gasteiger partial charge in [0.2, 0.25) is 0 Å². The summed E-state index contributed by atoms with van der Waals surface area (Å²) in [5, 5.41) is 5.71. The van der Waals surface area contributed by atoms with E-state index < -0.39 is 34.6 Å². The minimum absolute atomic E-state index is 0.268. The highest BCUT2D eigenvalue weighted by atomic mass is 19.2. The number of benzene rings is 4. The Balaban J connectivity index is 1.52. The monoisotopic (exact) mass is 534 g/mol. The van der Waals surface area contributed by atoms with Crippen LogP contribution < -0.4 is 0 Å². The third-order valence-electron chi connectivity index (χ3n) is 6.98. The smallest absolute Gasteiger partial charge is 0.189 e. The molecule has 0 radical (unpaired) electrons. The van der Waals surface area contributed by atoms with Gasteiger partial charge >= 0.3 is 0 Å². The van der Waals surface area contributed by atoms with Crippen LogP contribution in [0.4, 0.5) is 17.6 Å². The Labute approximate surface area is 225 Å². The molecule has 0 aliphatic carbocycles. The summed E-state index contributed by atoms with van der Waals surface area (Å²) < 4.78 is 66.1. The van der Waals surface area contributed by atoms with Gasteiger partial charge in [0, 0.05) is 28.1 Å². The van der Waals surface area contributed by atoms with E-state index in [4.69, 9.17) is 0 Å². The summed E-state index contributed by atoms with van der Waals surface area (Å²) >= 11 is 0. The standard InChI is InChI=1S/C32H18F4N4/c33-27-29(35)32(40-25(20-11-5-2-6-12-20)17-23(38-40)19-9-3-1-4-10-19)30(36)28(34)31(27)39-24-14-8-7-13-21(24)22-15-16-37-18-26(22)39/h1-18H. The van der Waals surface area contributed by atoms with Gasteiger partial charge in [-0.15, -0.1) is 0 Å². The zero-order valence-corrected chi connectivity index (χ0v) is 20.7. The van der Waals surface area contributed by atoms with Crippen molar-refractivity contribution in [2.75, 3.05) is 0 Å². The molecular formula is C32H18F4N4. The molecule has 8 heteroatoms. The van der Waals surface area contributed by atoms with Crippen LogP contribution >= 0.6 is 0 Å². The first kappa shape index (κ1) is 23.8. The SMILES string of the molecule is Fc1c(F)c(-n2c3ccccc3c3ccncc32)c(F)c(F)c1-n1nc(-c2ccccc2)cc1-c1ccccc1. The van der Waals surface area contributed by atoms with Crippen molar-refractivity contribution in [2.24, 2.45) is 0 Å². The van der Waals surface area contributed by atoms with E-state index in [2.05, 4.69) is 10.1 Å². The lowest BCUT2D eigenvalue weighted by molar-refractivity contribution is 0.441. The highest BCUT2D eigenvalue weighted by Gasteiger charge is 2.31. The van der Waals surface area contributed by atoms with Gasteiger partial charge in [-0.05, 0) is 18.2 Å². The van der Waals surface area contributed by atoms with E-state index >= 15 is 17.6 Å². The second kappa shape index (κ2) is 9.20. The first-order valence-electron chi connectivity index (χ1n) is 12.5. The fourth-order valence-corrected chi connectivity index (χ4v) is 5.17. The van der Waals surface area contributed by atoms with E-state index in [-0.39, 0.29) is 5.69 Å². The molecule has 4 nitrogen and oxygen atoms in total. The minimum Gasteiger partial charge on any atom is -0.302 e. The molecule has 4 aromatic carbocycles. The maximum absolute atomic E-state index is 16.0. The zero-order chi connectivity index (χ0) is 27.4. The van der Waals surface area contributed by atoms with Crippen LogP contribution in [-0.4, -0.2) is 19.3 Å². The van der Waals surface area contributed by atoms with Gasteiger partial charge in [0.25, 0.3) is 0 Å². The molecule has 0 bridgehead atoms. The fourth-order valence-electron chi connectivity index (χ4n) is 5.17. The number of halogens is 4. The maximum Gasteiger partial charge on any atom is 0.189 e. The van der Waals surface area contributed by atoms with Gasteiger partial charge in [0.05, 0.1) is 28.6 Å². The van der Waals surface area contributed by atoms with Crippen molar-refractivity contribution in [1.29, 1.82) is 0 Å². The number of para-hydroxylation sites is 1. The predicted octanol–water partition coefficient (Wildman–Crippen LogP) is 8.25. The lowest BCUT2D eigenvalue weighted by Crippen LogP contribution is -2.14. The first-order chi connectivity index (χ1) is 19.5. The Bertz CT molecular complexity index is 1960. The van der Waals surface area contributed by atoms with Crippen molar-refractivity contribution >= 4 is 21.8 Å². The lowest BCUT2D eigenvalue weighted by Gasteiger charge is -2.16. The number of hydrogen-bond donors (Lipinski definition) is 0. The van der Waals surface area contributed by atoms with Gasteiger partial charge in [-0.3, -0.25) is 4.98 Å². The first-order valence-corrected chi connectivity index (χ1v) is 12.5.